The number of pyridine rings is 2. The first kappa shape index (κ1) is 18.2. The first-order chi connectivity index (χ1) is 13.2. The zero-order valence-corrected chi connectivity index (χ0v) is 14.9. The summed E-state index contributed by atoms with van der Waals surface area (Å²) in [5, 5.41) is 5.56. The Kier molecular flexibility index (Phi) is 6.19. The highest BCUT2D eigenvalue weighted by atomic mass is 16.5. The van der Waals surface area contributed by atoms with Gasteiger partial charge in [0.05, 0.1) is 7.11 Å². The van der Waals surface area contributed by atoms with Gasteiger partial charge >= 0.3 is 6.03 Å². The fraction of sp³-hybridized carbons (Fsp3) is 0.150. The van der Waals surface area contributed by atoms with E-state index in [-0.39, 0.29) is 6.03 Å². The molecule has 2 amide bonds. The Balaban J connectivity index is 1.46. The Hall–Kier alpha value is -3.61. The van der Waals surface area contributed by atoms with Crippen LogP contribution in [0.4, 0.5) is 4.79 Å². The number of ether oxygens (including phenoxy) is 2. The van der Waals surface area contributed by atoms with Crippen LogP contribution in [0.2, 0.25) is 0 Å². The molecule has 0 aliphatic rings. The molecule has 1 aromatic carbocycles. The monoisotopic (exact) mass is 364 g/mol. The zero-order chi connectivity index (χ0) is 18.9. The molecule has 7 nitrogen and oxygen atoms in total. The van der Waals surface area contributed by atoms with E-state index in [4.69, 9.17) is 9.47 Å². The number of urea groups is 1. The molecule has 2 heterocycles. The molecule has 2 N–H and O–H groups in total. The SMILES string of the molecule is COc1cccc(Oc2ccc(CNC(=O)NCc3cccnc3)cn2)c1. The van der Waals surface area contributed by atoms with Gasteiger partial charge in [0, 0.05) is 43.8 Å². The lowest BCUT2D eigenvalue weighted by atomic mass is 10.3. The van der Waals surface area contributed by atoms with Crippen LogP contribution in [0.3, 0.4) is 0 Å². The summed E-state index contributed by atoms with van der Waals surface area (Å²) in [6, 6.07) is 14.4. The summed E-state index contributed by atoms with van der Waals surface area (Å²) in [6.07, 6.45) is 5.07. The molecule has 0 atom stereocenters. The quantitative estimate of drug-likeness (QED) is 0.672. The van der Waals surface area contributed by atoms with E-state index < -0.39 is 0 Å². The van der Waals surface area contributed by atoms with Crippen LogP contribution in [0.15, 0.2) is 67.1 Å². The van der Waals surface area contributed by atoms with Gasteiger partial charge in [-0.05, 0) is 29.3 Å². The van der Waals surface area contributed by atoms with Gasteiger partial charge in [0.15, 0.2) is 0 Å². The summed E-state index contributed by atoms with van der Waals surface area (Å²) in [5.41, 5.74) is 1.80. The number of rotatable bonds is 7. The van der Waals surface area contributed by atoms with E-state index in [1.807, 2.05) is 36.4 Å². The molecule has 0 fully saturated rings. The minimum Gasteiger partial charge on any atom is -0.497 e. The minimum atomic E-state index is -0.254. The Morgan fingerprint density at radius 2 is 1.74 bits per heavy atom. The lowest BCUT2D eigenvalue weighted by Crippen LogP contribution is -2.34. The number of carbonyl (C=O) groups excluding carboxylic acids is 1. The Bertz CT molecular complexity index is 870. The van der Waals surface area contributed by atoms with Gasteiger partial charge in [-0.15, -0.1) is 0 Å². The molecule has 27 heavy (non-hydrogen) atoms. The number of hydrogen-bond donors (Lipinski definition) is 2. The van der Waals surface area contributed by atoms with Crippen LogP contribution >= 0.6 is 0 Å². The summed E-state index contributed by atoms with van der Waals surface area (Å²) in [4.78, 5) is 20.1. The molecule has 0 bridgehead atoms. The fourth-order valence-corrected chi connectivity index (χ4v) is 2.29. The van der Waals surface area contributed by atoms with Gasteiger partial charge < -0.3 is 20.1 Å². The maximum absolute atomic E-state index is 11.9. The second-order valence-electron chi connectivity index (χ2n) is 5.68. The smallest absolute Gasteiger partial charge is 0.315 e. The maximum atomic E-state index is 11.9. The van der Waals surface area contributed by atoms with E-state index in [0.29, 0.717) is 30.5 Å². The van der Waals surface area contributed by atoms with Crippen molar-refractivity contribution in [2.75, 3.05) is 7.11 Å². The lowest BCUT2D eigenvalue weighted by molar-refractivity contribution is 0.240. The first-order valence-electron chi connectivity index (χ1n) is 8.40. The van der Waals surface area contributed by atoms with Gasteiger partial charge in [0.25, 0.3) is 0 Å². The highest BCUT2D eigenvalue weighted by molar-refractivity contribution is 5.73. The van der Waals surface area contributed by atoms with Crippen molar-refractivity contribution in [2.24, 2.45) is 0 Å². The molecule has 7 heteroatoms. The Labute approximate surface area is 157 Å². The summed E-state index contributed by atoms with van der Waals surface area (Å²) in [6.45, 7) is 0.788. The molecule has 0 aliphatic carbocycles. The molecule has 0 unspecified atom stereocenters. The number of nitrogens with one attached hydrogen (secondary N) is 2. The number of benzene rings is 1. The summed E-state index contributed by atoms with van der Waals surface area (Å²) in [5.74, 6) is 1.82. The first-order valence-corrected chi connectivity index (χ1v) is 8.40. The van der Waals surface area contributed by atoms with Crippen molar-refractivity contribution in [3.63, 3.8) is 0 Å². The van der Waals surface area contributed by atoms with Crippen molar-refractivity contribution in [3.05, 3.63) is 78.2 Å². The van der Waals surface area contributed by atoms with Crippen LogP contribution < -0.4 is 20.1 Å². The highest BCUT2D eigenvalue weighted by Crippen LogP contribution is 2.23. The second-order valence-corrected chi connectivity index (χ2v) is 5.68. The average Bonchev–Trinajstić information content (AvgIpc) is 2.72. The third kappa shape index (κ3) is 5.71. The molecule has 0 saturated carbocycles. The molecule has 0 aliphatic heterocycles. The molecular formula is C20H20N4O3. The van der Waals surface area contributed by atoms with E-state index in [1.165, 1.54) is 0 Å². The fourth-order valence-electron chi connectivity index (χ4n) is 2.29. The molecule has 2 aromatic heterocycles. The Morgan fingerprint density at radius 3 is 2.41 bits per heavy atom. The summed E-state index contributed by atoms with van der Waals surface area (Å²) >= 11 is 0. The number of aromatic nitrogens is 2. The van der Waals surface area contributed by atoms with Gasteiger partial charge in [-0.2, -0.15) is 0 Å². The molecule has 0 spiro atoms. The van der Waals surface area contributed by atoms with Crippen molar-refractivity contribution in [2.45, 2.75) is 13.1 Å². The van der Waals surface area contributed by atoms with Crippen LogP contribution in [0, 0.1) is 0 Å². The molecule has 3 aromatic rings. The van der Waals surface area contributed by atoms with Gasteiger partial charge in [0.2, 0.25) is 5.88 Å². The normalized spacial score (nSPS) is 10.1. The van der Waals surface area contributed by atoms with E-state index in [2.05, 4.69) is 20.6 Å². The van der Waals surface area contributed by atoms with Crippen LogP contribution in [0.5, 0.6) is 17.4 Å². The molecule has 138 valence electrons. The van der Waals surface area contributed by atoms with Crippen molar-refractivity contribution in [3.8, 4) is 17.4 Å². The minimum absolute atomic E-state index is 0.254. The van der Waals surface area contributed by atoms with Crippen LogP contribution in [0.1, 0.15) is 11.1 Å². The van der Waals surface area contributed by atoms with Crippen LogP contribution in [-0.2, 0) is 13.1 Å². The van der Waals surface area contributed by atoms with Crippen LogP contribution in [-0.4, -0.2) is 23.1 Å². The summed E-state index contributed by atoms with van der Waals surface area (Å²) in [7, 11) is 1.60. The maximum Gasteiger partial charge on any atom is 0.315 e. The third-order valence-corrected chi connectivity index (χ3v) is 3.69. The van der Waals surface area contributed by atoms with E-state index in [9.17, 15) is 4.79 Å². The van der Waals surface area contributed by atoms with Gasteiger partial charge in [-0.3, -0.25) is 4.98 Å². The van der Waals surface area contributed by atoms with Gasteiger partial charge in [0.1, 0.15) is 11.5 Å². The zero-order valence-electron chi connectivity index (χ0n) is 14.9. The Morgan fingerprint density at radius 1 is 0.963 bits per heavy atom. The molecule has 0 radical (unpaired) electrons. The molecule has 0 saturated heterocycles. The standard InChI is InChI=1S/C20H20N4O3/c1-26-17-5-2-6-18(10-17)27-19-8-7-16(12-22-19)14-24-20(25)23-13-15-4-3-9-21-11-15/h2-12H,13-14H2,1H3,(H2,23,24,25). The van der Waals surface area contributed by atoms with Crippen LogP contribution in [0.25, 0.3) is 0 Å². The van der Waals surface area contributed by atoms with Crippen molar-refractivity contribution < 1.29 is 14.3 Å². The molecule has 3 rings (SSSR count). The van der Waals surface area contributed by atoms with E-state index >= 15 is 0 Å². The molecular weight excluding hydrogens is 344 g/mol. The number of carbonyl (C=O) groups is 1. The topological polar surface area (TPSA) is 85.4 Å². The number of methoxy groups -OCH3 is 1. The number of nitrogens with zero attached hydrogens (tertiary/aromatic N) is 2. The predicted molar refractivity (Wildman–Crippen MR) is 101 cm³/mol. The number of amides is 2. The largest absolute Gasteiger partial charge is 0.497 e. The van der Waals surface area contributed by atoms with Gasteiger partial charge in [-0.25, -0.2) is 9.78 Å². The highest BCUT2D eigenvalue weighted by Gasteiger charge is 2.03. The van der Waals surface area contributed by atoms with E-state index in [0.717, 1.165) is 11.1 Å². The van der Waals surface area contributed by atoms with Crippen molar-refractivity contribution >= 4 is 6.03 Å². The lowest BCUT2D eigenvalue weighted by Gasteiger charge is -2.09. The van der Waals surface area contributed by atoms with Crippen molar-refractivity contribution in [1.82, 2.24) is 20.6 Å². The van der Waals surface area contributed by atoms with Gasteiger partial charge in [-0.1, -0.05) is 18.2 Å². The predicted octanol–water partition coefficient (Wildman–Crippen LogP) is 3.28. The van der Waals surface area contributed by atoms with E-state index in [1.54, 1.807) is 37.8 Å². The summed E-state index contributed by atoms with van der Waals surface area (Å²) < 4.78 is 10.9. The van der Waals surface area contributed by atoms with Crippen molar-refractivity contribution in [1.29, 1.82) is 0 Å². The number of hydrogen-bond acceptors (Lipinski definition) is 5. The second kappa shape index (κ2) is 9.19. The average molecular weight is 364 g/mol. The third-order valence-electron chi connectivity index (χ3n) is 3.69.